The Morgan fingerprint density at radius 1 is 1.60 bits per heavy atom. The van der Waals surface area contributed by atoms with Gasteiger partial charge in [0.15, 0.2) is 5.82 Å². The number of anilines is 1. The summed E-state index contributed by atoms with van der Waals surface area (Å²) in [6.07, 6.45) is 0.800. The van der Waals surface area contributed by atoms with Crippen molar-refractivity contribution in [3.8, 4) is 5.75 Å². The van der Waals surface area contributed by atoms with Crippen LogP contribution in [0, 0.1) is 0 Å². The molecule has 0 aliphatic carbocycles. The van der Waals surface area contributed by atoms with Crippen molar-refractivity contribution in [1.29, 1.82) is 0 Å². The average molecular weight is 282 g/mol. The van der Waals surface area contributed by atoms with Gasteiger partial charge < -0.3 is 25.0 Å². The standard InChI is InChI=1S/C11H14N4O5/c1-20-8-9(13-5-14-11(8)19)15-3-2-12-10(18)6(15)4-7(16)17/h5-6H,2-4H2,1H3,(H,12,18)(H,16,17)(H,13,14,19). The van der Waals surface area contributed by atoms with Crippen LogP contribution in [0.25, 0.3) is 0 Å². The van der Waals surface area contributed by atoms with Crippen LogP contribution in [0.3, 0.4) is 0 Å². The largest absolute Gasteiger partial charge is 0.489 e. The molecule has 0 radical (unpaired) electrons. The molecule has 0 aromatic carbocycles. The van der Waals surface area contributed by atoms with E-state index in [0.29, 0.717) is 13.1 Å². The van der Waals surface area contributed by atoms with Gasteiger partial charge in [0.2, 0.25) is 11.7 Å². The number of methoxy groups -OCH3 is 1. The van der Waals surface area contributed by atoms with Crippen LogP contribution in [0.1, 0.15) is 6.42 Å². The molecule has 1 unspecified atom stereocenters. The molecule has 1 aliphatic heterocycles. The van der Waals surface area contributed by atoms with Crippen molar-refractivity contribution in [3.05, 3.63) is 16.7 Å². The normalized spacial score (nSPS) is 18.6. The molecule has 108 valence electrons. The number of rotatable bonds is 4. The molecular weight excluding hydrogens is 268 g/mol. The number of amides is 1. The van der Waals surface area contributed by atoms with Crippen LogP contribution in [0.15, 0.2) is 11.1 Å². The lowest BCUT2D eigenvalue weighted by molar-refractivity contribution is -0.139. The van der Waals surface area contributed by atoms with Crippen LogP contribution in [0.4, 0.5) is 5.82 Å². The minimum Gasteiger partial charge on any atom is -0.489 e. The lowest BCUT2D eigenvalue weighted by atomic mass is 10.1. The van der Waals surface area contributed by atoms with E-state index in [1.807, 2.05) is 0 Å². The molecule has 20 heavy (non-hydrogen) atoms. The van der Waals surface area contributed by atoms with Gasteiger partial charge in [-0.1, -0.05) is 0 Å². The minimum atomic E-state index is -1.11. The summed E-state index contributed by atoms with van der Waals surface area (Å²) in [7, 11) is 1.31. The number of aromatic amines is 1. The Hall–Kier alpha value is -2.58. The van der Waals surface area contributed by atoms with Crippen molar-refractivity contribution < 1.29 is 19.4 Å². The fourth-order valence-electron chi connectivity index (χ4n) is 2.10. The molecule has 1 aromatic heterocycles. The number of ether oxygens (including phenoxy) is 1. The lowest BCUT2D eigenvalue weighted by Crippen LogP contribution is -2.56. The number of nitrogens with one attached hydrogen (secondary N) is 2. The molecule has 0 spiro atoms. The van der Waals surface area contributed by atoms with Crippen molar-refractivity contribution in [3.63, 3.8) is 0 Å². The molecule has 2 rings (SSSR count). The molecular formula is C11H14N4O5. The van der Waals surface area contributed by atoms with Crippen LogP contribution in [-0.2, 0) is 9.59 Å². The lowest BCUT2D eigenvalue weighted by Gasteiger charge is -2.35. The zero-order chi connectivity index (χ0) is 14.7. The Balaban J connectivity index is 2.42. The van der Waals surface area contributed by atoms with Crippen molar-refractivity contribution in [2.45, 2.75) is 12.5 Å². The van der Waals surface area contributed by atoms with Crippen LogP contribution in [0.5, 0.6) is 5.75 Å². The highest BCUT2D eigenvalue weighted by atomic mass is 16.5. The molecule has 3 N–H and O–H groups in total. The van der Waals surface area contributed by atoms with Gasteiger partial charge in [-0.2, -0.15) is 0 Å². The molecule has 1 aromatic rings. The van der Waals surface area contributed by atoms with Gasteiger partial charge in [0.1, 0.15) is 6.04 Å². The fourth-order valence-corrected chi connectivity index (χ4v) is 2.10. The zero-order valence-electron chi connectivity index (χ0n) is 10.8. The van der Waals surface area contributed by atoms with Crippen molar-refractivity contribution >= 4 is 17.7 Å². The maximum Gasteiger partial charge on any atom is 0.305 e. The summed E-state index contributed by atoms with van der Waals surface area (Å²) >= 11 is 0. The number of hydrogen-bond donors (Lipinski definition) is 3. The summed E-state index contributed by atoms with van der Waals surface area (Å²) in [6.45, 7) is 0.684. The molecule has 1 aliphatic rings. The summed E-state index contributed by atoms with van der Waals surface area (Å²) in [5, 5.41) is 11.5. The van der Waals surface area contributed by atoms with E-state index in [-0.39, 0.29) is 18.0 Å². The number of nitrogens with zero attached hydrogens (tertiary/aromatic N) is 2. The first-order valence-electron chi connectivity index (χ1n) is 5.92. The van der Waals surface area contributed by atoms with E-state index in [4.69, 9.17) is 9.84 Å². The van der Waals surface area contributed by atoms with E-state index in [2.05, 4.69) is 15.3 Å². The number of aromatic nitrogens is 2. The summed E-state index contributed by atoms with van der Waals surface area (Å²) in [6, 6.07) is -0.926. The number of carboxylic acid groups (broad SMARTS) is 1. The highest BCUT2D eigenvalue weighted by Gasteiger charge is 2.34. The highest BCUT2D eigenvalue weighted by Crippen LogP contribution is 2.24. The smallest absolute Gasteiger partial charge is 0.305 e. The quantitative estimate of drug-likeness (QED) is 0.617. The predicted molar refractivity (Wildman–Crippen MR) is 67.8 cm³/mol. The zero-order valence-corrected chi connectivity index (χ0v) is 10.8. The number of aliphatic carboxylic acids is 1. The number of carbonyl (C=O) groups excluding carboxylic acids is 1. The Bertz CT molecular complexity index is 584. The third-order valence-corrected chi connectivity index (χ3v) is 2.97. The minimum absolute atomic E-state index is 0.0439. The van der Waals surface area contributed by atoms with Gasteiger partial charge in [0.05, 0.1) is 19.9 Å². The number of carboxylic acids is 1. The van der Waals surface area contributed by atoms with Gasteiger partial charge in [0, 0.05) is 13.1 Å². The molecule has 1 fully saturated rings. The first-order valence-corrected chi connectivity index (χ1v) is 5.92. The Kier molecular flexibility index (Phi) is 3.87. The van der Waals surface area contributed by atoms with E-state index >= 15 is 0 Å². The van der Waals surface area contributed by atoms with E-state index in [0.717, 1.165) is 0 Å². The van der Waals surface area contributed by atoms with Crippen molar-refractivity contribution in [1.82, 2.24) is 15.3 Å². The van der Waals surface area contributed by atoms with E-state index in [1.165, 1.54) is 18.3 Å². The van der Waals surface area contributed by atoms with Crippen molar-refractivity contribution in [2.24, 2.45) is 0 Å². The second kappa shape index (κ2) is 5.59. The van der Waals surface area contributed by atoms with Gasteiger partial charge in [0.25, 0.3) is 5.56 Å². The molecule has 2 heterocycles. The molecule has 1 amide bonds. The van der Waals surface area contributed by atoms with Gasteiger partial charge >= 0.3 is 5.97 Å². The van der Waals surface area contributed by atoms with Crippen LogP contribution in [-0.4, -0.2) is 53.2 Å². The second-order valence-corrected chi connectivity index (χ2v) is 4.19. The Morgan fingerprint density at radius 3 is 3.00 bits per heavy atom. The highest BCUT2D eigenvalue weighted by molar-refractivity contribution is 5.90. The average Bonchev–Trinajstić information content (AvgIpc) is 2.40. The van der Waals surface area contributed by atoms with Gasteiger partial charge in [-0.3, -0.25) is 14.4 Å². The Morgan fingerprint density at radius 2 is 2.35 bits per heavy atom. The molecule has 9 nitrogen and oxygen atoms in total. The van der Waals surface area contributed by atoms with Crippen molar-refractivity contribution in [2.75, 3.05) is 25.1 Å². The SMILES string of the molecule is COc1c(N2CCNC(=O)C2CC(=O)O)nc[nH]c1=O. The summed E-state index contributed by atoms with van der Waals surface area (Å²) < 4.78 is 4.99. The van der Waals surface area contributed by atoms with E-state index in [9.17, 15) is 14.4 Å². The number of carbonyl (C=O) groups is 2. The van der Waals surface area contributed by atoms with E-state index in [1.54, 1.807) is 0 Å². The molecule has 9 heteroatoms. The van der Waals surface area contributed by atoms with E-state index < -0.39 is 23.5 Å². The van der Waals surface area contributed by atoms with Gasteiger partial charge in [-0.05, 0) is 0 Å². The third kappa shape index (κ3) is 2.56. The molecule has 1 saturated heterocycles. The molecule has 1 atom stereocenters. The molecule has 0 bridgehead atoms. The van der Waals surface area contributed by atoms with Crippen LogP contribution >= 0.6 is 0 Å². The summed E-state index contributed by atoms with van der Waals surface area (Å²) in [5.74, 6) is -1.40. The third-order valence-electron chi connectivity index (χ3n) is 2.97. The number of piperazine rings is 1. The summed E-state index contributed by atoms with van der Waals surface area (Å²) in [4.78, 5) is 42.2. The fraction of sp³-hybridized carbons (Fsp3) is 0.455. The Labute approximate surface area is 113 Å². The van der Waals surface area contributed by atoms with Crippen LogP contribution in [0.2, 0.25) is 0 Å². The number of H-pyrrole nitrogens is 1. The first-order chi connectivity index (χ1) is 9.54. The van der Waals surface area contributed by atoms with Crippen LogP contribution < -0.4 is 20.5 Å². The van der Waals surface area contributed by atoms with Gasteiger partial charge in [-0.25, -0.2) is 4.98 Å². The maximum atomic E-state index is 11.8. The first kappa shape index (κ1) is 13.8. The monoisotopic (exact) mass is 282 g/mol. The maximum absolute atomic E-state index is 11.8. The number of hydrogen-bond acceptors (Lipinski definition) is 6. The predicted octanol–water partition coefficient (Wildman–Crippen LogP) is -1.44. The topological polar surface area (TPSA) is 125 Å². The molecule has 0 saturated carbocycles. The summed E-state index contributed by atoms with van der Waals surface area (Å²) in [5.41, 5.74) is -0.488. The van der Waals surface area contributed by atoms with Gasteiger partial charge in [-0.15, -0.1) is 0 Å². The second-order valence-electron chi connectivity index (χ2n) is 4.19.